The Bertz CT molecular complexity index is 6250. The normalized spacial score (nSPS) is 15.2. The number of carbonyl (C=O) groups excluding carboxylic acids is 2. The lowest BCUT2D eigenvalue weighted by molar-refractivity contribution is 0.00578. The fourth-order valence-corrected chi connectivity index (χ4v) is 19.2. The Labute approximate surface area is 606 Å². The summed E-state index contributed by atoms with van der Waals surface area (Å²) < 4.78 is 74.1. The number of hydrogen-bond acceptors (Lipinski definition) is 8. The number of halogens is 2. The molecule has 0 bridgehead atoms. The Kier molecular flexibility index (Phi) is 15.6. The van der Waals surface area contributed by atoms with Gasteiger partial charge in [0.2, 0.25) is 19.7 Å². The summed E-state index contributed by atoms with van der Waals surface area (Å²) in [6.07, 6.45) is 0. The third-order valence-electron chi connectivity index (χ3n) is 20.3. The summed E-state index contributed by atoms with van der Waals surface area (Å²) in [5, 5.41) is 7.26. The van der Waals surface area contributed by atoms with Crippen LogP contribution in [0.15, 0.2) is 320 Å². The molecule has 0 amide bonds. The van der Waals surface area contributed by atoms with Gasteiger partial charge in [0.15, 0.2) is 11.6 Å². The van der Waals surface area contributed by atoms with E-state index in [9.17, 15) is 26.4 Å². The van der Waals surface area contributed by atoms with E-state index < -0.39 is 19.7 Å². The third-order valence-corrected chi connectivity index (χ3v) is 25.2. The second-order valence-corrected chi connectivity index (χ2v) is 32.2. The first-order chi connectivity index (χ1) is 49.3. The SMILES string of the molecule is CC1(C)OB(c2ccc(-n3c4ccccc4c4ccccc43)cc2)OC1(C)C.O=C1c2ccc(-c3ccc(-n4c5ccccc5c5ccccc54)cc3)cc2S(=O)(=O)c2cccc(-c3ccc(-n4c5ccccc5c5ccccc54)cc3)c21.O=C1c2ccc(Br)cc2S(=O)(=O)c2cccc(Br)c21. The summed E-state index contributed by atoms with van der Waals surface area (Å²) in [5.74, 6) is -0.574. The second kappa shape index (κ2) is 24.6. The molecule has 6 heterocycles. The highest BCUT2D eigenvalue weighted by Crippen LogP contribution is 2.44. The molecule has 0 radical (unpaired) electrons. The number of para-hydroxylation sites is 6. The van der Waals surface area contributed by atoms with Crippen molar-refractivity contribution in [2.24, 2.45) is 0 Å². The molecule has 102 heavy (non-hydrogen) atoms. The van der Waals surface area contributed by atoms with Crippen molar-refractivity contribution >= 4 is 141 Å². The zero-order valence-electron chi connectivity index (χ0n) is 55.5. The summed E-state index contributed by atoms with van der Waals surface area (Å²) >= 11 is 6.48. The number of carbonyl (C=O) groups is 2. The van der Waals surface area contributed by atoms with Gasteiger partial charge in [0.25, 0.3) is 0 Å². The minimum atomic E-state index is -4.01. The summed E-state index contributed by atoms with van der Waals surface area (Å²) in [6, 6.07) is 94.8. The van der Waals surface area contributed by atoms with Crippen molar-refractivity contribution in [3.05, 3.63) is 322 Å². The molecule has 3 aromatic heterocycles. The molecule has 3 aliphatic rings. The Balaban J connectivity index is 0.000000136. The summed E-state index contributed by atoms with van der Waals surface area (Å²) in [6.45, 7) is 8.33. The number of aromatic nitrogens is 3. The monoisotopic (exact) mass is 1500 g/mol. The van der Waals surface area contributed by atoms with Crippen LogP contribution in [0, 0.1) is 0 Å². The van der Waals surface area contributed by atoms with Gasteiger partial charge in [-0.3, -0.25) is 9.59 Å². The number of fused-ring (bicyclic) bond motifs is 13. The maximum Gasteiger partial charge on any atom is 0.494 e. The van der Waals surface area contributed by atoms with Crippen LogP contribution in [0.4, 0.5) is 0 Å². The van der Waals surface area contributed by atoms with Crippen LogP contribution in [0.25, 0.3) is 105 Å². The number of benzene rings is 13. The van der Waals surface area contributed by atoms with Gasteiger partial charge in [-0.05, 0) is 193 Å². The Morgan fingerprint density at radius 2 is 0.667 bits per heavy atom. The van der Waals surface area contributed by atoms with E-state index in [1.807, 2.05) is 72.8 Å². The van der Waals surface area contributed by atoms with Gasteiger partial charge in [-0.1, -0.05) is 186 Å². The zero-order chi connectivity index (χ0) is 70.1. The highest BCUT2D eigenvalue weighted by atomic mass is 79.9. The second-order valence-electron chi connectivity index (χ2n) is 26.7. The Morgan fingerprint density at radius 3 is 1.10 bits per heavy atom. The number of nitrogens with zero attached hydrogens (tertiary/aromatic N) is 3. The van der Waals surface area contributed by atoms with Crippen LogP contribution < -0.4 is 5.46 Å². The lowest BCUT2D eigenvalue weighted by atomic mass is 9.79. The van der Waals surface area contributed by atoms with Crippen LogP contribution in [0.5, 0.6) is 0 Å². The molecule has 11 nitrogen and oxygen atoms in total. The van der Waals surface area contributed by atoms with Gasteiger partial charge in [0.05, 0.1) is 69.4 Å². The maximum absolute atomic E-state index is 14.4. The lowest BCUT2D eigenvalue weighted by Gasteiger charge is -2.32. The molecule has 496 valence electrons. The highest BCUT2D eigenvalue weighted by Gasteiger charge is 2.52. The first-order valence-electron chi connectivity index (χ1n) is 33.3. The van der Waals surface area contributed by atoms with Crippen LogP contribution in [-0.2, 0) is 29.0 Å². The standard InChI is InChI=1S/C49H30N2O3S.C24H24BNO2.C13H6Br2O3S/c52-49-41-29-24-33(31-20-25-34(26-21-31)50-42-15-5-1-10-37(42)38-11-2-6-16-43(38)50)30-47(41)55(53,54)46-19-9-14-36(48(46)49)32-22-27-35(28-23-32)51-44-17-7-3-12-39(44)40-13-4-8-18-45(40)51;1-23(2)24(3,4)28-25(27-23)17-13-15-18(16-14-17)26-21-11-7-5-9-19(21)20-10-6-8-12-22(20)26;14-7-4-5-8-11(6-7)19(17,18)10-3-1-2-9(15)12(10)13(8)16/h1-30H;5-16H,1-4H3;1-6H. The first-order valence-corrected chi connectivity index (χ1v) is 37.9. The highest BCUT2D eigenvalue weighted by molar-refractivity contribution is 9.10. The van der Waals surface area contributed by atoms with E-state index >= 15 is 0 Å². The van der Waals surface area contributed by atoms with Crippen molar-refractivity contribution in [2.75, 3.05) is 0 Å². The molecule has 0 N–H and O–H groups in total. The van der Waals surface area contributed by atoms with Gasteiger partial charge in [-0.25, -0.2) is 16.8 Å². The zero-order valence-corrected chi connectivity index (χ0v) is 60.3. The van der Waals surface area contributed by atoms with E-state index in [2.05, 4.69) is 231 Å². The summed E-state index contributed by atoms with van der Waals surface area (Å²) in [5.41, 5.74) is 14.1. The molecule has 0 unspecified atom stereocenters. The number of sulfone groups is 2. The van der Waals surface area contributed by atoms with Crippen molar-refractivity contribution in [1.82, 2.24) is 13.7 Å². The van der Waals surface area contributed by atoms with Crippen LogP contribution >= 0.6 is 31.9 Å². The molecule has 1 fully saturated rings. The van der Waals surface area contributed by atoms with Crippen molar-refractivity contribution in [2.45, 2.75) is 58.5 Å². The largest absolute Gasteiger partial charge is 0.494 e. The molecule has 19 rings (SSSR count). The van der Waals surface area contributed by atoms with Crippen molar-refractivity contribution in [1.29, 1.82) is 0 Å². The molecule has 13 aromatic carbocycles. The van der Waals surface area contributed by atoms with Gasteiger partial charge < -0.3 is 23.0 Å². The van der Waals surface area contributed by atoms with E-state index in [1.165, 1.54) is 61.5 Å². The topological polar surface area (TPSA) is 136 Å². The molecule has 1 saturated heterocycles. The van der Waals surface area contributed by atoms with Crippen molar-refractivity contribution < 1.29 is 35.7 Å². The lowest BCUT2D eigenvalue weighted by Crippen LogP contribution is -2.41. The van der Waals surface area contributed by atoms with Gasteiger partial charge in [0.1, 0.15) is 0 Å². The molecule has 0 atom stereocenters. The number of hydrogen-bond donors (Lipinski definition) is 0. The van der Waals surface area contributed by atoms with Crippen LogP contribution in [0.2, 0.25) is 0 Å². The van der Waals surface area contributed by atoms with Crippen molar-refractivity contribution in [3.8, 4) is 39.3 Å². The average Bonchev–Trinajstić information content (AvgIpc) is 1.31. The predicted octanol–water partition coefficient (Wildman–Crippen LogP) is 20.3. The minimum Gasteiger partial charge on any atom is -0.399 e. The molecule has 0 saturated carbocycles. The average molecular weight is 1500 g/mol. The first kappa shape index (κ1) is 64.8. The van der Waals surface area contributed by atoms with E-state index in [-0.39, 0.29) is 71.7 Å². The maximum atomic E-state index is 14.4. The molecule has 0 spiro atoms. The molecule has 16 aromatic rings. The van der Waals surface area contributed by atoms with Crippen molar-refractivity contribution in [3.63, 3.8) is 0 Å². The van der Waals surface area contributed by atoms with Gasteiger partial charge >= 0.3 is 7.12 Å². The van der Waals surface area contributed by atoms with Gasteiger partial charge in [-0.2, -0.15) is 0 Å². The number of ketones is 2. The minimum absolute atomic E-state index is 0.0350. The van der Waals surface area contributed by atoms with E-state index in [0.29, 0.717) is 14.5 Å². The molecule has 3 aliphatic heterocycles. The number of rotatable bonds is 6. The quantitative estimate of drug-likeness (QED) is 0.150. The summed E-state index contributed by atoms with van der Waals surface area (Å²) in [7, 11) is -8.00. The Morgan fingerprint density at radius 1 is 0.324 bits per heavy atom. The fraction of sp³-hybridized carbons (Fsp3) is 0.0698. The van der Waals surface area contributed by atoms with Gasteiger partial charge in [-0.15, -0.1) is 0 Å². The molecule has 16 heteroatoms. The van der Waals surface area contributed by atoms with Crippen LogP contribution in [0.1, 0.15) is 59.5 Å². The summed E-state index contributed by atoms with van der Waals surface area (Å²) in [4.78, 5) is 26.9. The van der Waals surface area contributed by atoms with E-state index in [0.717, 1.165) is 61.3 Å². The Hall–Kier alpha value is -10.6. The van der Waals surface area contributed by atoms with Crippen LogP contribution in [0.3, 0.4) is 0 Å². The fourth-order valence-electron chi connectivity index (χ4n) is 14.7. The smallest absolute Gasteiger partial charge is 0.399 e. The molecule has 0 aliphatic carbocycles. The van der Waals surface area contributed by atoms with Gasteiger partial charge in [0, 0.05) is 75.0 Å². The molecular weight excluding hydrogens is 1440 g/mol. The van der Waals surface area contributed by atoms with E-state index in [1.54, 1.807) is 42.5 Å². The third kappa shape index (κ3) is 10.5. The van der Waals surface area contributed by atoms with E-state index in [4.69, 9.17) is 9.31 Å². The van der Waals surface area contributed by atoms with Crippen LogP contribution in [-0.4, -0.2) is 60.4 Å². The molecular formula is C86H60BBr2N3O8S2. The predicted molar refractivity (Wildman–Crippen MR) is 415 cm³/mol.